The number of anilines is 1. The molecule has 0 saturated carbocycles. The molecule has 32 heavy (non-hydrogen) atoms. The fraction of sp³-hybridized carbons (Fsp3) is 0.160. The molecule has 2 heterocycles. The van der Waals surface area contributed by atoms with Gasteiger partial charge in [0, 0.05) is 22.1 Å². The quantitative estimate of drug-likeness (QED) is 0.453. The van der Waals surface area contributed by atoms with Crippen molar-refractivity contribution in [3.8, 4) is 5.69 Å². The molecule has 7 heteroatoms. The van der Waals surface area contributed by atoms with Crippen molar-refractivity contribution in [2.75, 3.05) is 4.90 Å². The van der Waals surface area contributed by atoms with Crippen molar-refractivity contribution < 1.29 is 14.4 Å². The first-order valence-electron chi connectivity index (χ1n) is 10.3. The monoisotopic (exact) mass is 447 g/mol. The van der Waals surface area contributed by atoms with E-state index in [9.17, 15) is 14.4 Å². The molecule has 1 saturated heterocycles. The number of barbiturate groups is 1. The molecule has 1 N–H and O–H groups in total. The SMILES string of the molecule is CCc1ccc(-n2c(C)cc(/C=C3\C(=O)NC(=O)N(c4ccc(Cl)cc4)C3=O)c2C)cc1. The molecule has 0 bridgehead atoms. The van der Waals surface area contributed by atoms with Crippen LogP contribution in [0.2, 0.25) is 5.02 Å². The maximum Gasteiger partial charge on any atom is 0.335 e. The van der Waals surface area contributed by atoms with E-state index in [0.29, 0.717) is 10.7 Å². The van der Waals surface area contributed by atoms with Gasteiger partial charge in [0.05, 0.1) is 5.69 Å². The molecule has 6 nitrogen and oxygen atoms in total. The van der Waals surface area contributed by atoms with Crippen LogP contribution in [0.5, 0.6) is 0 Å². The summed E-state index contributed by atoms with van der Waals surface area (Å²) in [5.41, 5.74) is 5.04. The van der Waals surface area contributed by atoms with E-state index in [2.05, 4.69) is 41.1 Å². The van der Waals surface area contributed by atoms with Crippen LogP contribution in [0.4, 0.5) is 10.5 Å². The zero-order chi connectivity index (χ0) is 23.0. The average molecular weight is 448 g/mol. The predicted molar refractivity (Wildman–Crippen MR) is 125 cm³/mol. The van der Waals surface area contributed by atoms with E-state index in [1.165, 1.54) is 11.6 Å². The summed E-state index contributed by atoms with van der Waals surface area (Å²) in [5, 5.41) is 2.72. The van der Waals surface area contributed by atoms with Gasteiger partial charge in [-0.1, -0.05) is 30.7 Å². The molecular weight excluding hydrogens is 426 g/mol. The van der Waals surface area contributed by atoms with E-state index >= 15 is 0 Å². The summed E-state index contributed by atoms with van der Waals surface area (Å²) in [4.78, 5) is 38.9. The fourth-order valence-corrected chi connectivity index (χ4v) is 3.98. The van der Waals surface area contributed by atoms with Crippen LogP contribution in [0.1, 0.15) is 29.4 Å². The lowest BCUT2D eigenvalue weighted by atomic mass is 10.1. The number of carbonyl (C=O) groups excluding carboxylic acids is 3. The van der Waals surface area contributed by atoms with Gasteiger partial charge in [-0.15, -0.1) is 0 Å². The summed E-state index contributed by atoms with van der Waals surface area (Å²) >= 11 is 5.91. The van der Waals surface area contributed by atoms with Crippen LogP contribution in [0.15, 0.2) is 60.2 Å². The van der Waals surface area contributed by atoms with Crippen LogP contribution in [0.3, 0.4) is 0 Å². The Bertz CT molecular complexity index is 1250. The lowest BCUT2D eigenvalue weighted by Gasteiger charge is -2.26. The molecular formula is C25H22ClN3O3. The minimum absolute atomic E-state index is 0.110. The van der Waals surface area contributed by atoms with Crippen LogP contribution in [0, 0.1) is 13.8 Å². The van der Waals surface area contributed by atoms with E-state index in [-0.39, 0.29) is 5.57 Å². The van der Waals surface area contributed by atoms with Crippen molar-refractivity contribution in [3.63, 3.8) is 0 Å². The molecule has 4 amide bonds. The van der Waals surface area contributed by atoms with Gasteiger partial charge in [0.15, 0.2) is 0 Å². The number of benzene rings is 2. The van der Waals surface area contributed by atoms with Gasteiger partial charge in [0.2, 0.25) is 0 Å². The third kappa shape index (κ3) is 3.85. The van der Waals surface area contributed by atoms with Gasteiger partial charge >= 0.3 is 6.03 Å². The molecule has 0 aliphatic carbocycles. The molecule has 1 aromatic heterocycles. The Hall–Kier alpha value is -3.64. The van der Waals surface area contributed by atoms with Crippen LogP contribution in [0.25, 0.3) is 11.8 Å². The largest absolute Gasteiger partial charge is 0.335 e. The maximum atomic E-state index is 13.1. The van der Waals surface area contributed by atoms with Crippen molar-refractivity contribution >= 4 is 41.2 Å². The summed E-state index contributed by atoms with van der Waals surface area (Å²) in [6, 6.07) is 15.7. The number of carbonyl (C=O) groups is 3. The lowest BCUT2D eigenvalue weighted by Crippen LogP contribution is -2.54. The molecule has 0 unspecified atom stereocenters. The van der Waals surface area contributed by atoms with E-state index in [4.69, 9.17) is 11.6 Å². The third-order valence-electron chi connectivity index (χ3n) is 5.56. The second-order valence-corrected chi connectivity index (χ2v) is 8.05. The number of nitrogens with one attached hydrogen (secondary N) is 1. The molecule has 1 aliphatic rings. The van der Waals surface area contributed by atoms with Gasteiger partial charge in [0.25, 0.3) is 11.8 Å². The summed E-state index contributed by atoms with van der Waals surface area (Å²) in [6.45, 7) is 6.01. The predicted octanol–water partition coefficient (Wildman–Crippen LogP) is 4.98. The zero-order valence-electron chi connectivity index (χ0n) is 18.0. The van der Waals surface area contributed by atoms with Gasteiger partial charge in [-0.05, 0) is 79.9 Å². The zero-order valence-corrected chi connectivity index (χ0v) is 18.7. The molecule has 3 aromatic rings. The van der Waals surface area contributed by atoms with E-state index < -0.39 is 17.8 Å². The lowest BCUT2D eigenvalue weighted by molar-refractivity contribution is -0.122. The molecule has 0 radical (unpaired) electrons. The first-order valence-corrected chi connectivity index (χ1v) is 10.6. The molecule has 4 rings (SSSR count). The average Bonchev–Trinajstić information content (AvgIpc) is 3.05. The molecule has 2 aromatic carbocycles. The summed E-state index contributed by atoms with van der Waals surface area (Å²) in [7, 11) is 0. The van der Waals surface area contributed by atoms with Crippen LogP contribution in [-0.4, -0.2) is 22.4 Å². The van der Waals surface area contributed by atoms with Crippen molar-refractivity contribution in [3.05, 3.63) is 87.7 Å². The number of aromatic nitrogens is 1. The topological polar surface area (TPSA) is 71.4 Å². The standard InChI is InChI=1S/C25H22ClN3O3/c1-4-17-5-9-20(10-6-17)28-15(2)13-18(16(28)3)14-22-23(30)27-25(32)29(24(22)31)21-11-7-19(26)8-12-21/h5-14H,4H2,1-3H3,(H,27,30,32)/b22-14+. The van der Waals surface area contributed by atoms with Gasteiger partial charge in [0.1, 0.15) is 5.57 Å². The number of amides is 4. The number of hydrogen-bond donors (Lipinski definition) is 1. The highest BCUT2D eigenvalue weighted by Crippen LogP contribution is 2.27. The Balaban J connectivity index is 1.73. The van der Waals surface area contributed by atoms with Crippen molar-refractivity contribution in [2.24, 2.45) is 0 Å². The molecule has 0 spiro atoms. The smallest absolute Gasteiger partial charge is 0.318 e. The van der Waals surface area contributed by atoms with Gasteiger partial charge in [-0.25, -0.2) is 9.69 Å². The second kappa shape index (κ2) is 8.48. The number of nitrogens with zero attached hydrogens (tertiary/aromatic N) is 2. The van der Waals surface area contributed by atoms with Crippen LogP contribution < -0.4 is 10.2 Å². The van der Waals surface area contributed by atoms with Gasteiger partial charge < -0.3 is 4.57 Å². The highest BCUT2D eigenvalue weighted by molar-refractivity contribution is 6.39. The Kier molecular flexibility index (Phi) is 5.72. The first-order chi connectivity index (χ1) is 15.3. The number of hydrogen-bond acceptors (Lipinski definition) is 3. The molecule has 1 fully saturated rings. The van der Waals surface area contributed by atoms with Gasteiger partial charge in [-0.3, -0.25) is 14.9 Å². The van der Waals surface area contributed by atoms with E-state index in [0.717, 1.165) is 34.0 Å². The van der Waals surface area contributed by atoms with Gasteiger partial charge in [-0.2, -0.15) is 0 Å². The Morgan fingerprint density at radius 2 is 1.56 bits per heavy atom. The number of rotatable bonds is 4. The minimum atomic E-state index is -0.791. The van der Waals surface area contributed by atoms with Crippen molar-refractivity contribution in [1.29, 1.82) is 0 Å². The number of halogens is 1. The summed E-state index contributed by atoms with van der Waals surface area (Å²) in [5.74, 6) is -1.40. The van der Waals surface area contributed by atoms with E-state index in [1.54, 1.807) is 24.3 Å². The normalized spacial score (nSPS) is 15.4. The minimum Gasteiger partial charge on any atom is -0.318 e. The molecule has 162 valence electrons. The summed E-state index contributed by atoms with van der Waals surface area (Å²) < 4.78 is 2.07. The van der Waals surface area contributed by atoms with Crippen LogP contribution >= 0.6 is 11.6 Å². The Morgan fingerprint density at radius 3 is 2.19 bits per heavy atom. The number of urea groups is 1. The highest BCUT2D eigenvalue weighted by atomic mass is 35.5. The third-order valence-corrected chi connectivity index (χ3v) is 5.81. The number of aryl methyl sites for hydroxylation is 2. The first kappa shape index (κ1) is 21.6. The number of imide groups is 2. The second-order valence-electron chi connectivity index (χ2n) is 7.62. The Morgan fingerprint density at radius 1 is 0.938 bits per heavy atom. The molecule has 0 atom stereocenters. The fourth-order valence-electron chi connectivity index (χ4n) is 3.85. The van der Waals surface area contributed by atoms with Crippen molar-refractivity contribution in [2.45, 2.75) is 27.2 Å². The Labute approximate surface area is 191 Å². The van der Waals surface area contributed by atoms with E-state index in [1.807, 2.05) is 19.9 Å². The highest BCUT2D eigenvalue weighted by Gasteiger charge is 2.37. The van der Waals surface area contributed by atoms with Crippen molar-refractivity contribution in [1.82, 2.24) is 9.88 Å². The summed E-state index contributed by atoms with van der Waals surface area (Å²) in [6.07, 6.45) is 2.49. The maximum absolute atomic E-state index is 13.1. The molecule has 1 aliphatic heterocycles. The van der Waals surface area contributed by atoms with Crippen LogP contribution in [-0.2, 0) is 16.0 Å².